The molecular formula is C13H14N2O4. The topological polar surface area (TPSA) is 85.4 Å². The molecule has 0 bridgehead atoms. The standard InChI is InChI=1S/C13H14N2O4/c1-8-5-10-13(11(6-8)15(18)19)9(7-14(10)2)3-4-12(16)17/h5-7H,3-4H2,1-2H3,(H,16,17). The molecule has 1 aromatic carbocycles. The van der Waals surface area contributed by atoms with Crippen molar-refractivity contribution in [3.8, 4) is 0 Å². The summed E-state index contributed by atoms with van der Waals surface area (Å²) in [5, 5.41) is 20.4. The summed E-state index contributed by atoms with van der Waals surface area (Å²) in [6.07, 6.45) is 2.01. The molecule has 0 unspecified atom stereocenters. The van der Waals surface area contributed by atoms with E-state index in [-0.39, 0.29) is 18.5 Å². The zero-order valence-electron chi connectivity index (χ0n) is 10.7. The van der Waals surface area contributed by atoms with Gasteiger partial charge in [-0.2, -0.15) is 0 Å². The highest BCUT2D eigenvalue weighted by Crippen LogP contribution is 2.32. The van der Waals surface area contributed by atoms with E-state index in [2.05, 4.69) is 0 Å². The van der Waals surface area contributed by atoms with Gasteiger partial charge in [0.25, 0.3) is 5.69 Å². The normalized spacial score (nSPS) is 10.8. The maximum atomic E-state index is 11.1. The van der Waals surface area contributed by atoms with Crippen LogP contribution in [0.2, 0.25) is 0 Å². The van der Waals surface area contributed by atoms with Gasteiger partial charge in [-0.25, -0.2) is 0 Å². The van der Waals surface area contributed by atoms with Crippen LogP contribution in [0.25, 0.3) is 10.9 Å². The Morgan fingerprint density at radius 2 is 2.16 bits per heavy atom. The van der Waals surface area contributed by atoms with E-state index >= 15 is 0 Å². The Balaban J connectivity index is 2.65. The molecule has 0 spiro atoms. The number of carboxylic acids is 1. The number of benzene rings is 1. The number of carboxylic acid groups (broad SMARTS) is 1. The van der Waals surface area contributed by atoms with Gasteiger partial charge in [-0.3, -0.25) is 14.9 Å². The third-order valence-electron chi connectivity index (χ3n) is 3.10. The van der Waals surface area contributed by atoms with Gasteiger partial charge in [-0.1, -0.05) is 0 Å². The van der Waals surface area contributed by atoms with Gasteiger partial charge in [-0.15, -0.1) is 0 Å². The van der Waals surface area contributed by atoms with Crippen molar-refractivity contribution in [3.63, 3.8) is 0 Å². The lowest BCUT2D eigenvalue weighted by Crippen LogP contribution is -1.98. The van der Waals surface area contributed by atoms with Crippen molar-refractivity contribution >= 4 is 22.6 Å². The molecule has 100 valence electrons. The van der Waals surface area contributed by atoms with E-state index in [0.717, 1.165) is 11.1 Å². The largest absolute Gasteiger partial charge is 0.481 e. The average Bonchev–Trinajstić information content (AvgIpc) is 2.62. The molecule has 1 N–H and O–H groups in total. The molecule has 0 aliphatic heterocycles. The number of aliphatic carboxylic acids is 1. The Hall–Kier alpha value is -2.37. The fraction of sp³-hybridized carbons (Fsp3) is 0.308. The molecule has 0 radical (unpaired) electrons. The zero-order valence-corrected chi connectivity index (χ0v) is 10.7. The highest BCUT2D eigenvalue weighted by molar-refractivity contribution is 5.93. The van der Waals surface area contributed by atoms with Gasteiger partial charge in [0.1, 0.15) is 0 Å². The maximum absolute atomic E-state index is 11.1. The van der Waals surface area contributed by atoms with Gasteiger partial charge in [0, 0.05) is 25.7 Å². The molecular weight excluding hydrogens is 248 g/mol. The molecule has 0 saturated carbocycles. The highest BCUT2D eigenvalue weighted by atomic mass is 16.6. The second-order valence-corrected chi connectivity index (χ2v) is 4.59. The lowest BCUT2D eigenvalue weighted by Gasteiger charge is -2.01. The molecule has 0 amide bonds. The molecule has 0 aliphatic carbocycles. The molecule has 0 fully saturated rings. The van der Waals surface area contributed by atoms with Crippen molar-refractivity contribution in [2.24, 2.45) is 7.05 Å². The predicted molar refractivity (Wildman–Crippen MR) is 70.3 cm³/mol. The smallest absolute Gasteiger partial charge is 0.303 e. The Kier molecular flexibility index (Phi) is 3.25. The van der Waals surface area contributed by atoms with Gasteiger partial charge >= 0.3 is 5.97 Å². The third kappa shape index (κ3) is 2.42. The zero-order chi connectivity index (χ0) is 14.2. The van der Waals surface area contributed by atoms with Crippen molar-refractivity contribution in [2.45, 2.75) is 19.8 Å². The molecule has 1 heterocycles. The van der Waals surface area contributed by atoms with Gasteiger partial charge < -0.3 is 9.67 Å². The third-order valence-corrected chi connectivity index (χ3v) is 3.10. The van der Waals surface area contributed by atoms with Crippen molar-refractivity contribution in [2.75, 3.05) is 0 Å². The summed E-state index contributed by atoms with van der Waals surface area (Å²) in [5.41, 5.74) is 2.31. The van der Waals surface area contributed by atoms with Crippen molar-refractivity contribution in [3.05, 3.63) is 39.6 Å². The Morgan fingerprint density at radius 1 is 1.47 bits per heavy atom. The van der Waals surface area contributed by atoms with E-state index < -0.39 is 10.9 Å². The predicted octanol–water partition coefficient (Wildman–Crippen LogP) is 2.41. The number of non-ortho nitro benzene ring substituents is 1. The SMILES string of the molecule is Cc1cc([N+](=O)[O-])c2c(CCC(=O)O)cn(C)c2c1. The van der Waals surface area contributed by atoms with Crippen LogP contribution in [0, 0.1) is 17.0 Å². The molecule has 2 aromatic rings. The Labute approximate surface area is 109 Å². The molecule has 0 saturated heterocycles. The van der Waals surface area contributed by atoms with Crippen LogP contribution in [0.5, 0.6) is 0 Å². The van der Waals surface area contributed by atoms with Crippen LogP contribution in [-0.2, 0) is 18.3 Å². The number of nitro benzene ring substituents is 1. The summed E-state index contributed by atoms with van der Waals surface area (Å²) in [4.78, 5) is 21.4. The number of nitrogens with zero attached hydrogens (tertiary/aromatic N) is 2. The highest BCUT2D eigenvalue weighted by Gasteiger charge is 2.19. The molecule has 6 nitrogen and oxygen atoms in total. The molecule has 0 aliphatic rings. The summed E-state index contributed by atoms with van der Waals surface area (Å²) >= 11 is 0. The lowest BCUT2D eigenvalue weighted by atomic mass is 10.0. The van der Waals surface area contributed by atoms with Crippen LogP contribution >= 0.6 is 0 Å². The van der Waals surface area contributed by atoms with Crippen LogP contribution in [0.4, 0.5) is 5.69 Å². The number of hydrogen-bond acceptors (Lipinski definition) is 3. The fourth-order valence-electron chi connectivity index (χ4n) is 2.30. The van der Waals surface area contributed by atoms with E-state index in [1.54, 1.807) is 24.7 Å². The minimum absolute atomic E-state index is 0.0376. The maximum Gasteiger partial charge on any atom is 0.303 e. The average molecular weight is 262 g/mol. The first-order valence-electron chi connectivity index (χ1n) is 5.85. The monoisotopic (exact) mass is 262 g/mol. The summed E-state index contributed by atoms with van der Waals surface area (Å²) in [6, 6.07) is 3.39. The van der Waals surface area contributed by atoms with E-state index in [1.165, 1.54) is 6.07 Å². The molecule has 0 atom stereocenters. The molecule has 19 heavy (non-hydrogen) atoms. The van der Waals surface area contributed by atoms with E-state index in [0.29, 0.717) is 10.9 Å². The van der Waals surface area contributed by atoms with E-state index in [9.17, 15) is 14.9 Å². The van der Waals surface area contributed by atoms with Crippen molar-refractivity contribution < 1.29 is 14.8 Å². The lowest BCUT2D eigenvalue weighted by molar-refractivity contribution is -0.383. The number of hydrogen-bond donors (Lipinski definition) is 1. The molecule has 2 rings (SSSR count). The minimum Gasteiger partial charge on any atom is -0.481 e. The summed E-state index contributed by atoms with van der Waals surface area (Å²) in [5.74, 6) is -0.910. The van der Waals surface area contributed by atoms with Gasteiger partial charge in [0.2, 0.25) is 0 Å². The molecule has 1 aromatic heterocycles. The minimum atomic E-state index is -0.910. The number of nitro groups is 1. The van der Waals surface area contributed by atoms with Gasteiger partial charge in [0.05, 0.1) is 15.8 Å². The first-order chi connectivity index (χ1) is 8.90. The summed E-state index contributed by atoms with van der Waals surface area (Å²) in [6.45, 7) is 1.80. The quantitative estimate of drug-likeness (QED) is 0.677. The van der Waals surface area contributed by atoms with Crippen LogP contribution in [0.3, 0.4) is 0 Å². The second kappa shape index (κ2) is 4.72. The van der Waals surface area contributed by atoms with Gasteiger partial charge in [0.15, 0.2) is 0 Å². The first kappa shape index (κ1) is 13.1. The second-order valence-electron chi connectivity index (χ2n) is 4.59. The van der Waals surface area contributed by atoms with Crippen molar-refractivity contribution in [1.29, 1.82) is 0 Å². The van der Waals surface area contributed by atoms with E-state index in [4.69, 9.17) is 5.11 Å². The Morgan fingerprint density at radius 3 is 2.74 bits per heavy atom. The van der Waals surface area contributed by atoms with Crippen molar-refractivity contribution in [1.82, 2.24) is 4.57 Å². The van der Waals surface area contributed by atoms with Crippen LogP contribution in [0.1, 0.15) is 17.5 Å². The van der Waals surface area contributed by atoms with Crippen LogP contribution in [-0.4, -0.2) is 20.6 Å². The number of aromatic nitrogens is 1. The molecule has 6 heteroatoms. The number of fused-ring (bicyclic) bond motifs is 1. The van der Waals surface area contributed by atoms with Gasteiger partial charge in [-0.05, 0) is 30.5 Å². The summed E-state index contributed by atoms with van der Waals surface area (Å²) < 4.78 is 1.80. The first-order valence-corrected chi connectivity index (χ1v) is 5.85. The number of aryl methyl sites for hydroxylation is 3. The van der Waals surface area contributed by atoms with Crippen LogP contribution in [0.15, 0.2) is 18.3 Å². The van der Waals surface area contributed by atoms with E-state index in [1.807, 2.05) is 6.07 Å². The summed E-state index contributed by atoms with van der Waals surface area (Å²) in [7, 11) is 1.80. The number of carbonyl (C=O) groups is 1. The fourth-order valence-corrected chi connectivity index (χ4v) is 2.30. The Bertz CT molecular complexity index is 673. The van der Waals surface area contributed by atoms with Crippen LogP contribution < -0.4 is 0 Å². The number of rotatable bonds is 4.